The van der Waals surface area contributed by atoms with Crippen molar-refractivity contribution in [2.75, 3.05) is 46.3 Å². The molecule has 0 radical (unpaired) electrons. The Morgan fingerprint density at radius 3 is 2.40 bits per heavy atom. The number of fused-ring (bicyclic) bond motifs is 2. The van der Waals surface area contributed by atoms with Crippen LogP contribution in [0.3, 0.4) is 0 Å². The molecular formula is C38H48N8O4. The molecule has 12 heteroatoms. The molecule has 4 amide bonds. The molecule has 50 heavy (non-hydrogen) atoms. The average molecular weight is 681 g/mol. The summed E-state index contributed by atoms with van der Waals surface area (Å²) in [5, 5.41) is 15.4. The first-order valence-electron chi connectivity index (χ1n) is 18.0. The maximum absolute atomic E-state index is 14.3. The average Bonchev–Trinajstić information content (AvgIpc) is 3.78. The smallest absolute Gasteiger partial charge is 0.318 e. The predicted octanol–water partition coefficient (Wildman–Crippen LogP) is 3.66. The van der Waals surface area contributed by atoms with E-state index in [1.807, 2.05) is 60.0 Å². The van der Waals surface area contributed by atoms with Crippen LogP contribution in [0.15, 0.2) is 53.5 Å². The minimum Gasteiger partial charge on any atom is -0.341 e. The third-order valence-corrected chi connectivity index (χ3v) is 11.5. The molecule has 3 saturated heterocycles. The molecular weight excluding hydrogens is 632 g/mol. The molecule has 2 atom stereocenters. The van der Waals surface area contributed by atoms with Gasteiger partial charge < -0.3 is 30.3 Å². The maximum Gasteiger partial charge on any atom is 0.318 e. The number of nitrogens with zero attached hydrogens (tertiary/aromatic N) is 4. The van der Waals surface area contributed by atoms with Crippen LogP contribution >= 0.6 is 0 Å². The molecule has 2 aromatic carbocycles. The molecule has 0 unspecified atom stereocenters. The fraction of sp³-hybridized carbons (Fsp3) is 0.500. The maximum atomic E-state index is 14.3. The Morgan fingerprint density at radius 2 is 1.66 bits per heavy atom. The molecule has 2 aromatic heterocycles. The summed E-state index contributed by atoms with van der Waals surface area (Å²) in [6.07, 6.45) is 6.11. The highest BCUT2D eigenvalue weighted by Crippen LogP contribution is 2.41. The Kier molecular flexibility index (Phi) is 9.38. The highest BCUT2D eigenvalue weighted by atomic mass is 16.2. The monoisotopic (exact) mass is 680 g/mol. The number of urea groups is 1. The number of para-hydroxylation sites is 1. The van der Waals surface area contributed by atoms with E-state index in [0.29, 0.717) is 58.5 Å². The number of amides is 4. The summed E-state index contributed by atoms with van der Waals surface area (Å²) in [6.45, 7) is 7.55. The van der Waals surface area contributed by atoms with Crippen molar-refractivity contribution in [2.24, 2.45) is 5.41 Å². The number of likely N-dealkylation sites (tertiary alicyclic amines) is 3. The van der Waals surface area contributed by atoms with Gasteiger partial charge in [0.25, 0.3) is 5.56 Å². The van der Waals surface area contributed by atoms with Gasteiger partial charge in [0.05, 0.1) is 17.8 Å². The van der Waals surface area contributed by atoms with Gasteiger partial charge in [0, 0.05) is 62.2 Å². The first kappa shape index (κ1) is 33.8. The molecule has 3 fully saturated rings. The van der Waals surface area contributed by atoms with Crippen molar-refractivity contribution >= 4 is 39.7 Å². The van der Waals surface area contributed by atoms with Gasteiger partial charge in [0.15, 0.2) is 0 Å². The van der Waals surface area contributed by atoms with Crippen molar-refractivity contribution in [3.63, 3.8) is 0 Å². The van der Waals surface area contributed by atoms with E-state index in [0.717, 1.165) is 57.8 Å². The van der Waals surface area contributed by atoms with Crippen LogP contribution in [0.5, 0.6) is 0 Å². The van der Waals surface area contributed by atoms with Crippen LogP contribution in [0.2, 0.25) is 0 Å². The van der Waals surface area contributed by atoms with E-state index in [1.165, 1.54) is 0 Å². The second kappa shape index (κ2) is 13.9. The topological polar surface area (TPSA) is 147 Å². The number of H-pyrrole nitrogens is 2. The van der Waals surface area contributed by atoms with Crippen LogP contribution in [0.4, 0.5) is 4.79 Å². The van der Waals surface area contributed by atoms with Gasteiger partial charge in [-0.15, -0.1) is 0 Å². The van der Waals surface area contributed by atoms with Crippen LogP contribution in [-0.2, 0) is 16.0 Å². The molecule has 264 valence electrons. The van der Waals surface area contributed by atoms with E-state index in [-0.39, 0.29) is 40.8 Å². The molecule has 3 aliphatic heterocycles. The second-order valence-corrected chi connectivity index (χ2v) is 14.7. The third-order valence-electron chi connectivity index (χ3n) is 11.5. The molecule has 0 aliphatic carbocycles. The van der Waals surface area contributed by atoms with E-state index >= 15 is 0 Å². The lowest BCUT2D eigenvalue weighted by Crippen LogP contribution is -2.54. The Balaban J connectivity index is 1.04. The number of carbonyl (C=O) groups is 3. The number of nitrogens with one attached hydrogen (secondary N) is 4. The minimum absolute atomic E-state index is 0.0152. The lowest BCUT2D eigenvalue weighted by Gasteiger charge is -2.40. The van der Waals surface area contributed by atoms with E-state index in [1.54, 1.807) is 18.1 Å². The van der Waals surface area contributed by atoms with Gasteiger partial charge in [0.1, 0.15) is 6.04 Å². The van der Waals surface area contributed by atoms with E-state index < -0.39 is 6.04 Å². The number of hydrogen-bond donors (Lipinski definition) is 4. The lowest BCUT2D eigenvalue weighted by molar-refractivity contribution is -0.136. The van der Waals surface area contributed by atoms with Gasteiger partial charge >= 0.3 is 6.03 Å². The number of likely N-dealkylation sites (N-methyl/N-ethyl adjacent to an activating group) is 1. The van der Waals surface area contributed by atoms with Crippen LogP contribution in [-0.4, -0.2) is 106 Å². The Labute approximate surface area is 292 Å². The molecule has 1 spiro atoms. The minimum atomic E-state index is -0.736. The highest BCUT2D eigenvalue weighted by molar-refractivity contribution is 5.88. The largest absolute Gasteiger partial charge is 0.341 e. The SMILES string of the molecule is CN[C@H](C)C(=O)N1CCC2(CC1)CCN(C(=O)[C@@H](Cc1cc(C)c3[nH]ncc3c1)NC(=O)N1CCC(c3cc4ccccc4[nH]c3=O)CC1)C2. The molecule has 0 bridgehead atoms. The molecule has 4 aromatic rings. The van der Waals surface area contributed by atoms with E-state index in [9.17, 15) is 19.2 Å². The number of aromatic amines is 2. The normalized spacial score (nSPS) is 19.3. The Bertz CT molecular complexity index is 1950. The van der Waals surface area contributed by atoms with Gasteiger partial charge in [0.2, 0.25) is 11.8 Å². The van der Waals surface area contributed by atoms with Crippen molar-refractivity contribution in [3.05, 3.63) is 75.7 Å². The van der Waals surface area contributed by atoms with Crippen molar-refractivity contribution < 1.29 is 14.4 Å². The quantitative estimate of drug-likeness (QED) is 0.235. The zero-order chi connectivity index (χ0) is 35.0. The van der Waals surface area contributed by atoms with Gasteiger partial charge in [-0.05, 0) is 99.0 Å². The van der Waals surface area contributed by atoms with Gasteiger partial charge in [-0.1, -0.05) is 24.3 Å². The van der Waals surface area contributed by atoms with E-state index in [2.05, 4.69) is 31.9 Å². The van der Waals surface area contributed by atoms with Gasteiger partial charge in [-0.2, -0.15) is 5.10 Å². The summed E-state index contributed by atoms with van der Waals surface area (Å²) in [5.41, 5.74) is 4.45. The number of pyridine rings is 1. The fourth-order valence-corrected chi connectivity index (χ4v) is 8.32. The summed E-state index contributed by atoms with van der Waals surface area (Å²) in [4.78, 5) is 62.5. The van der Waals surface area contributed by atoms with Gasteiger partial charge in [-0.25, -0.2) is 4.79 Å². The number of benzene rings is 2. The molecule has 3 aliphatic rings. The summed E-state index contributed by atoms with van der Waals surface area (Å²) in [5.74, 6) is 0.104. The van der Waals surface area contributed by atoms with Gasteiger partial charge in [-0.3, -0.25) is 19.5 Å². The number of rotatable bonds is 7. The van der Waals surface area contributed by atoms with Crippen molar-refractivity contribution in [3.8, 4) is 0 Å². The summed E-state index contributed by atoms with van der Waals surface area (Å²) in [6, 6.07) is 12.6. The van der Waals surface area contributed by atoms with Crippen LogP contribution in [0.25, 0.3) is 21.8 Å². The number of aromatic nitrogens is 3. The van der Waals surface area contributed by atoms with Crippen molar-refractivity contribution in [1.82, 2.24) is 40.5 Å². The molecule has 5 heterocycles. The van der Waals surface area contributed by atoms with Crippen LogP contribution in [0.1, 0.15) is 61.6 Å². The number of piperidine rings is 2. The Morgan fingerprint density at radius 1 is 0.940 bits per heavy atom. The summed E-state index contributed by atoms with van der Waals surface area (Å²) >= 11 is 0. The fourth-order valence-electron chi connectivity index (χ4n) is 8.32. The lowest BCUT2D eigenvalue weighted by atomic mass is 9.77. The zero-order valence-electron chi connectivity index (χ0n) is 29.3. The first-order chi connectivity index (χ1) is 24.1. The molecule has 4 N–H and O–H groups in total. The highest BCUT2D eigenvalue weighted by Gasteiger charge is 2.44. The van der Waals surface area contributed by atoms with Crippen LogP contribution in [0, 0.1) is 12.3 Å². The van der Waals surface area contributed by atoms with Crippen molar-refractivity contribution in [1.29, 1.82) is 0 Å². The zero-order valence-corrected chi connectivity index (χ0v) is 29.3. The van der Waals surface area contributed by atoms with Crippen LogP contribution < -0.4 is 16.2 Å². The van der Waals surface area contributed by atoms with E-state index in [4.69, 9.17) is 0 Å². The van der Waals surface area contributed by atoms with Crippen molar-refractivity contribution in [2.45, 2.75) is 70.4 Å². The summed E-state index contributed by atoms with van der Waals surface area (Å²) in [7, 11) is 1.80. The predicted molar refractivity (Wildman–Crippen MR) is 193 cm³/mol. The number of aryl methyl sites for hydroxylation is 1. The molecule has 0 saturated carbocycles. The third kappa shape index (κ3) is 6.73. The standard InChI is InChI=1S/C38H48N8O4/c1-24-18-26(19-29-22-40-43-33(24)29)20-32(36(49)46-17-12-38(23-46)10-15-44(16-11-38)35(48)25(2)39-3)42-37(50)45-13-8-27(9-14-45)30-21-28-6-4-5-7-31(28)41-34(30)47/h4-7,18-19,21-22,25,27,32,39H,8-17,20,23H2,1-3H3,(H,40,43)(H,41,47)(H,42,50)/t25-,32-/m1/s1. The molecule has 7 rings (SSSR count). The second-order valence-electron chi connectivity index (χ2n) is 14.7. The number of hydrogen-bond acceptors (Lipinski definition) is 6. The first-order valence-corrected chi connectivity index (χ1v) is 18.0. The summed E-state index contributed by atoms with van der Waals surface area (Å²) < 4.78 is 0. The number of carbonyl (C=O) groups excluding carboxylic acids is 3. The molecule has 12 nitrogen and oxygen atoms in total. The Hall–Kier alpha value is -4.71.